The molecule has 0 fully saturated rings. The van der Waals surface area contributed by atoms with Crippen LogP contribution in [0.3, 0.4) is 0 Å². The zero-order valence-corrected chi connectivity index (χ0v) is 12.3. The molecular weight excluding hydrogens is 294 g/mol. The number of aromatic carboxylic acids is 1. The predicted octanol–water partition coefficient (Wildman–Crippen LogP) is 2.49. The van der Waals surface area contributed by atoms with E-state index in [1.54, 1.807) is 10.9 Å². The minimum Gasteiger partial charge on any atom is -0.478 e. The molecular formula is C14H14ClN3O3. The van der Waals surface area contributed by atoms with E-state index in [0.717, 1.165) is 11.4 Å². The third-order valence-electron chi connectivity index (χ3n) is 3.15. The number of imidazole rings is 1. The highest BCUT2D eigenvalue weighted by atomic mass is 35.5. The van der Waals surface area contributed by atoms with E-state index >= 15 is 0 Å². The number of aryl methyl sites for hydroxylation is 1. The van der Waals surface area contributed by atoms with Gasteiger partial charge in [0.2, 0.25) is 5.91 Å². The number of carboxylic acids is 1. The van der Waals surface area contributed by atoms with Gasteiger partial charge in [0.1, 0.15) is 6.54 Å². The lowest BCUT2D eigenvalue weighted by molar-refractivity contribution is -0.116. The third kappa shape index (κ3) is 3.41. The van der Waals surface area contributed by atoms with E-state index < -0.39 is 5.97 Å². The number of anilines is 1. The van der Waals surface area contributed by atoms with Gasteiger partial charge in [-0.2, -0.15) is 0 Å². The van der Waals surface area contributed by atoms with Gasteiger partial charge in [-0.15, -0.1) is 0 Å². The molecule has 110 valence electrons. The number of nitrogens with one attached hydrogen (secondary N) is 1. The number of rotatable bonds is 4. The van der Waals surface area contributed by atoms with Crippen LogP contribution < -0.4 is 5.32 Å². The Kier molecular flexibility index (Phi) is 4.28. The van der Waals surface area contributed by atoms with E-state index in [1.165, 1.54) is 18.2 Å². The molecule has 0 radical (unpaired) electrons. The van der Waals surface area contributed by atoms with Crippen molar-refractivity contribution in [2.24, 2.45) is 0 Å². The molecule has 0 aliphatic heterocycles. The van der Waals surface area contributed by atoms with Crippen LogP contribution in [-0.4, -0.2) is 26.5 Å². The van der Waals surface area contributed by atoms with Crippen LogP contribution in [0.15, 0.2) is 24.5 Å². The quantitative estimate of drug-likeness (QED) is 0.909. The molecule has 0 aliphatic rings. The van der Waals surface area contributed by atoms with Gasteiger partial charge in [-0.25, -0.2) is 9.78 Å². The van der Waals surface area contributed by atoms with Crippen LogP contribution in [0, 0.1) is 13.8 Å². The highest BCUT2D eigenvalue weighted by Gasteiger charge is 2.12. The van der Waals surface area contributed by atoms with Crippen molar-refractivity contribution in [3.63, 3.8) is 0 Å². The molecule has 1 heterocycles. The summed E-state index contributed by atoms with van der Waals surface area (Å²) in [4.78, 5) is 27.0. The summed E-state index contributed by atoms with van der Waals surface area (Å²) >= 11 is 5.96. The molecule has 2 aromatic rings. The number of nitrogens with zero attached hydrogens (tertiary/aromatic N) is 2. The number of aromatic nitrogens is 2. The molecule has 1 aromatic carbocycles. The predicted molar refractivity (Wildman–Crippen MR) is 78.7 cm³/mol. The Hall–Kier alpha value is -2.34. The van der Waals surface area contributed by atoms with Gasteiger partial charge < -0.3 is 15.0 Å². The molecule has 0 aliphatic carbocycles. The number of amides is 1. The molecule has 2 N–H and O–H groups in total. The van der Waals surface area contributed by atoms with Crippen LogP contribution in [0.1, 0.15) is 21.7 Å². The van der Waals surface area contributed by atoms with Gasteiger partial charge in [-0.05, 0) is 32.0 Å². The Labute approximate surface area is 126 Å². The molecule has 0 unspecified atom stereocenters. The van der Waals surface area contributed by atoms with E-state index in [0.29, 0.717) is 0 Å². The maximum absolute atomic E-state index is 12.0. The molecule has 1 aromatic heterocycles. The summed E-state index contributed by atoms with van der Waals surface area (Å²) in [7, 11) is 0. The molecule has 0 saturated heterocycles. The molecule has 6 nitrogen and oxygen atoms in total. The maximum Gasteiger partial charge on any atom is 0.335 e. The number of hydrogen-bond donors (Lipinski definition) is 2. The van der Waals surface area contributed by atoms with Gasteiger partial charge in [-0.3, -0.25) is 4.79 Å². The monoisotopic (exact) mass is 307 g/mol. The highest BCUT2D eigenvalue weighted by molar-refractivity contribution is 6.33. The number of hydrogen-bond acceptors (Lipinski definition) is 3. The SMILES string of the molecule is Cc1ncn(CC(=O)Nc2cc(C(=O)O)ccc2Cl)c1C. The van der Waals surface area contributed by atoms with Crippen LogP contribution in [0.5, 0.6) is 0 Å². The topological polar surface area (TPSA) is 84.2 Å². The molecule has 0 atom stereocenters. The average molecular weight is 308 g/mol. The number of carbonyl (C=O) groups excluding carboxylic acids is 1. The summed E-state index contributed by atoms with van der Waals surface area (Å²) in [6.07, 6.45) is 1.58. The molecule has 0 saturated carbocycles. The fraction of sp³-hybridized carbons (Fsp3) is 0.214. The Morgan fingerprint density at radius 3 is 2.67 bits per heavy atom. The Bertz CT molecular complexity index is 709. The molecule has 1 amide bonds. The van der Waals surface area contributed by atoms with Crippen LogP contribution >= 0.6 is 11.6 Å². The minimum atomic E-state index is -1.08. The van der Waals surface area contributed by atoms with Crippen molar-refractivity contribution < 1.29 is 14.7 Å². The number of carbonyl (C=O) groups is 2. The zero-order chi connectivity index (χ0) is 15.6. The number of benzene rings is 1. The van der Waals surface area contributed by atoms with Crippen molar-refractivity contribution in [1.29, 1.82) is 0 Å². The summed E-state index contributed by atoms with van der Waals surface area (Å²) < 4.78 is 1.71. The number of halogens is 1. The first-order valence-corrected chi connectivity index (χ1v) is 6.57. The van der Waals surface area contributed by atoms with E-state index in [4.69, 9.17) is 16.7 Å². The number of carboxylic acid groups (broad SMARTS) is 1. The first kappa shape index (κ1) is 15.1. The van der Waals surface area contributed by atoms with E-state index in [-0.39, 0.29) is 28.7 Å². The summed E-state index contributed by atoms with van der Waals surface area (Å²) in [6, 6.07) is 4.14. The Morgan fingerprint density at radius 2 is 2.10 bits per heavy atom. The first-order chi connectivity index (χ1) is 9.88. The van der Waals surface area contributed by atoms with Crippen LogP contribution in [-0.2, 0) is 11.3 Å². The van der Waals surface area contributed by atoms with Gasteiger partial charge in [-0.1, -0.05) is 11.6 Å². The fourth-order valence-electron chi connectivity index (χ4n) is 1.80. The third-order valence-corrected chi connectivity index (χ3v) is 3.48. The standard InChI is InChI=1S/C14H14ClN3O3/c1-8-9(2)18(7-16-8)6-13(19)17-12-5-10(14(20)21)3-4-11(12)15/h3-5,7H,6H2,1-2H3,(H,17,19)(H,20,21). The molecule has 0 spiro atoms. The highest BCUT2D eigenvalue weighted by Crippen LogP contribution is 2.23. The second kappa shape index (κ2) is 5.97. The molecule has 0 bridgehead atoms. The normalized spacial score (nSPS) is 10.4. The van der Waals surface area contributed by atoms with Crippen molar-refractivity contribution >= 4 is 29.2 Å². The smallest absolute Gasteiger partial charge is 0.335 e. The van der Waals surface area contributed by atoms with Crippen molar-refractivity contribution in [2.45, 2.75) is 20.4 Å². The van der Waals surface area contributed by atoms with Crippen LogP contribution in [0.25, 0.3) is 0 Å². The van der Waals surface area contributed by atoms with Crippen LogP contribution in [0.4, 0.5) is 5.69 Å². The second-order valence-electron chi connectivity index (χ2n) is 4.59. The summed E-state index contributed by atoms with van der Waals surface area (Å²) in [6.45, 7) is 3.81. The lowest BCUT2D eigenvalue weighted by atomic mass is 10.2. The van der Waals surface area contributed by atoms with E-state index in [9.17, 15) is 9.59 Å². The molecule has 21 heavy (non-hydrogen) atoms. The van der Waals surface area contributed by atoms with Crippen molar-refractivity contribution in [2.75, 3.05) is 5.32 Å². The summed E-state index contributed by atoms with van der Waals surface area (Å²) in [5.41, 5.74) is 2.09. The summed E-state index contributed by atoms with van der Waals surface area (Å²) in [5, 5.41) is 11.8. The van der Waals surface area contributed by atoms with Gasteiger partial charge in [0.05, 0.1) is 28.3 Å². The van der Waals surface area contributed by atoms with Crippen molar-refractivity contribution in [3.8, 4) is 0 Å². The van der Waals surface area contributed by atoms with Gasteiger partial charge >= 0.3 is 5.97 Å². The Morgan fingerprint density at radius 1 is 1.38 bits per heavy atom. The summed E-state index contributed by atoms with van der Waals surface area (Å²) in [5.74, 6) is -1.39. The lowest BCUT2D eigenvalue weighted by Gasteiger charge is -2.09. The van der Waals surface area contributed by atoms with E-state index in [1.807, 2.05) is 13.8 Å². The van der Waals surface area contributed by atoms with Gasteiger partial charge in [0.25, 0.3) is 0 Å². The van der Waals surface area contributed by atoms with Gasteiger partial charge in [0.15, 0.2) is 0 Å². The van der Waals surface area contributed by atoms with Crippen molar-refractivity contribution in [1.82, 2.24) is 9.55 Å². The maximum atomic E-state index is 12.0. The lowest BCUT2D eigenvalue weighted by Crippen LogP contribution is -2.19. The fourth-order valence-corrected chi connectivity index (χ4v) is 1.97. The minimum absolute atomic E-state index is 0.0596. The first-order valence-electron chi connectivity index (χ1n) is 6.19. The zero-order valence-electron chi connectivity index (χ0n) is 11.6. The van der Waals surface area contributed by atoms with Gasteiger partial charge in [0, 0.05) is 5.69 Å². The van der Waals surface area contributed by atoms with Crippen LogP contribution in [0.2, 0.25) is 5.02 Å². The molecule has 7 heteroatoms. The Balaban J connectivity index is 2.14. The van der Waals surface area contributed by atoms with E-state index in [2.05, 4.69) is 10.3 Å². The average Bonchev–Trinajstić information content (AvgIpc) is 2.73. The van der Waals surface area contributed by atoms with Crippen molar-refractivity contribution in [3.05, 3.63) is 46.5 Å². The largest absolute Gasteiger partial charge is 0.478 e. The second-order valence-corrected chi connectivity index (χ2v) is 5.00. The molecule has 2 rings (SSSR count).